The van der Waals surface area contributed by atoms with E-state index in [0.717, 1.165) is 24.6 Å². The summed E-state index contributed by atoms with van der Waals surface area (Å²) in [4.78, 5) is 29.6. The third-order valence-electron chi connectivity index (χ3n) is 4.47. The van der Waals surface area contributed by atoms with Gasteiger partial charge >= 0.3 is 0 Å². The fraction of sp³-hybridized carbons (Fsp3) is 0.200. The van der Waals surface area contributed by atoms with Crippen LogP contribution in [0.15, 0.2) is 67.1 Å². The molecule has 7 heteroatoms. The minimum Gasteiger partial charge on any atom is -0.353 e. The molecule has 3 aromatic rings. The molecule has 136 valence electrons. The number of benzene rings is 1. The maximum atomic E-state index is 12.8. The minimum atomic E-state index is -0.0748. The van der Waals surface area contributed by atoms with Crippen LogP contribution in [0.2, 0.25) is 0 Å². The second-order valence-electron chi connectivity index (χ2n) is 6.25. The molecule has 3 heterocycles. The quantitative estimate of drug-likeness (QED) is 0.771. The highest BCUT2D eigenvalue weighted by Gasteiger charge is 2.23. The number of carbonyl (C=O) groups is 1. The first-order valence-electron chi connectivity index (χ1n) is 8.89. The van der Waals surface area contributed by atoms with Gasteiger partial charge in [-0.05, 0) is 24.3 Å². The van der Waals surface area contributed by atoms with Crippen molar-refractivity contribution in [2.45, 2.75) is 0 Å². The van der Waals surface area contributed by atoms with Crippen LogP contribution in [0.3, 0.4) is 0 Å². The van der Waals surface area contributed by atoms with Crippen LogP contribution in [0.4, 0.5) is 17.3 Å². The number of piperazine rings is 1. The van der Waals surface area contributed by atoms with E-state index in [4.69, 9.17) is 0 Å². The third kappa shape index (κ3) is 4.03. The highest BCUT2D eigenvalue weighted by molar-refractivity contribution is 5.93. The maximum absolute atomic E-state index is 12.8. The van der Waals surface area contributed by atoms with Gasteiger partial charge in [-0.1, -0.05) is 24.3 Å². The summed E-state index contributed by atoms with van der Waals surface area (Å²) in [5.41, 5.74) is 1.31. The number of para-hydroxylation sites is 1. The molecule has 27 heavy (non-hydrogen) atoms. The van der Waals surface area contributed by atoms with E-state index in [1.807, 2.05) is 53.4 Å². The monoisotopic (exact) mass is 360 g/mol. The second kappa shape index (κ2) is 7.82. The van der Waals surface area contributed by atoms with E-state index < -0.39 is 0 Å². The van der Waals surface area contributed by atoms with Crippen molar-refractivity contribution in [3.8, 4) is 0 Å². The zero-order chi connectivity index (χ0) is 18.5. The van der Waals surface area contributed by atoms with Gasteiger partial charge in [0.2, 0.25) is 0 Å². The molecule has 0 atom stereocenters. The highest BCUT2D eigenvalue weighted by atomic mass is 16.2. The molecule has 1 N–H and O–H groups in total. The Morgan fingerprint density at radius 2 is 1.67 bits per heavy atom. The first-order chi connectivity index (χ1) is 13.3. The normalized spacial score (nSPS) is 14.1. The first-order valence-corrected chi connectivity index (χ1v) is 8.89. The lowest BCUT2D eigenvalue weighted by molar-refractivity contribution is 0.0740. The molecule has 1 aromatic carbocycles. The number of hydrogen-bond donors (Lipinski definition) is 1. The lowest BCUT2D eigenvalue weighted by Crippen LogP contribution is -2.49. The van der Waals surface area contributed by atoms with Gasteiger partial charge in [-0.15, -0.1) is 0 Å². The zero-order valence-electron chi connectivity index (χ0n) is 14.8. The standard InChI is InChI=1S/C20H20N6O/c27-20(26-12-10-25(11-13-26)19-8-4-5-9-21-19)17-14-18(23-15-22-17)24-16-6-2-1-3-7-16/h1-9,14-15H,10-13H2,(H,22,23,24). The molecule has 0 saturated carbocycles. The van der Waals surface area contributed by atoms with E-state index in [1.165, 1.54) is 6.33 Å². The van der Waals surface area contributed by atoms with Crippen LogP contribution in [0, 0.1) is 0 Å². The first kappa shape index (κ1) is 17.0. The smallest absolute Gasteiger partial charge is 0.272 e. The van der Waals surface area contributed by atoms with Crippen LogP contribution in [-0.2, 0) is 0 Å². The van der Waals surface area contributed by atoms with Gasteiger partial charge in [-0.2, -0.15) is 0 Å². The largest absolute Gasteiger partial charge is 0.353 e. The Kier molecular flexibility index (Phi) is 4.91. The number of nitrogens with one attached hydrogen (secondary N) is 1. The molecule has 1 aliphatic heterocycles. The molecule has 0 radical (unpaired) electrons. The van der Waals surface area contributed by atoms with E-state index in [9.17, 15) is 4.79 Å². The molecule has 1 aliphatic rings. The summed E-state index contributed by atoms with van der Waals surface area (Å²) in [6.45, 7) is 2.79. The van der Waals surface area contributed by atoms with Gasteiger partial charge in [0.15, 0.2) is 0 Å². The summed E-state index contributed by atoms with van der Waals surface area (Å²) in [6, 6.07) is 17.3. The van der Waals surface area contributed by atoms with Crippen molar-refractivity contribution in [1.29, 1.82) is 0 Å². The predicted octanol–water partition coefficient (Wildman–Crippen LogP) is 2.58. The Balaban J connectivity index is 1.41. The molecule has 1 fully saturated rings. The molecule has 0 bridgehead atoms. The van der Waals surface area contributed by atoms with Crippen LogP contribution < -0.4 is 10.2 Å². The SMILES string of the molecule is O=C(c1cc(Nc2ccccc2)ncn1)N1CCN(c2ccccn2)CC1. The molecule has 7 nitrogen and oxygen atoms in total. The number of nitrogens with zero attached hydrogens (tertiary/aromatic N) is 5. The number of aromatic nitrogens is 3. The summed E-state index contributed by atoms with van der Waals surface area (Å²) >= 11 is 0. The molecular weight excluding hydrogens is 340 g/mol. The average Bonchev–Trinajstić information content (AvgIpc) is 2.75. The third-order valence-corrected chi connectivity index (χ3v) is 4.47. The van der Waals surface area contributed by atoms with E-state index in [2.05, 4.69) is 25.2 Å². The summed E-state index contributed by atoms with van der Waals surface area (Å²) in [7, 11) is 0. The second-order valence-corrected chi connectivity index (χ2v) is 6.25. The van der Waals surface area contributed by atoms with Crippen molar-refractivity contribution in [3.05, 3.63) is 72.8 Å². The van der Waals surface area contributed by atoms with Gasteiger partial charge < -0.3 is 15.1 Å². The van der Waals surface area contributed by atoms with Gasteiger partial charge in [-0.25, -0.2) is 15.0 Å². The molecule has 1 amide bonds. The van der Waals surface area contributed by atoms with Crippen molar-refractivity contribution in [2.75, 3.05) is 36.4 Å². The number of hydrogen-bond acceptors (Lipinski definition) is 6. The van der Waals surface area contributed by atoms with E-state index >= 15 is 0 Å². The average molecular weight is 360 g/mol. The van der Waals surface area contributed by atoms with E-state index in [-0.39, 0.29) is 5.91 Å². The van der Waals surface area contributed by atoms with Gasteiger partial charge in [0.1, 0.15) is 23.7 Å². The number of anilines is 3. The van der Waals surface area contributed by atoms with E-state index in [1.54, 1.807) is 12.3 Å². The molecule has 2 aromatic heterocycles. The Hall–Kier alpha value is -3.48. The summed E-state index contributed by atoms with van der Waals surface area (Å²) in [5, 5.41) is 3.19. The van der Waals surface area contributed by atoms with Crippen LogP contribution in [0.5, 0.6) is 0 Å². The molecule has 0 spiro atoms. The Bertz CT molecular complexity index is 895. The molecular formula is C20H20N6O. The van der Waals surface area contributed by atoms with Crippen molar-refractivity contribution in [2.24, 2.45) is 0 Å². The Labute approximate surface area is 157 Å². The summed E-state index contributed by atoms with van der Waals surface area (Å²) in [6.07, 6.45) is 3.21. The van der Waals surface area contributed by atoms with Gasteiger partial charge in [0.05, 0.1) is 0 Å². The molecule has 4 rings (SSSR count). The summed E-state index contributed by atoms with van der Waals surface area (Å²) < 4.78 is 0. The van der Waals surface area contributed by atoms with Crippen molar-refractivity contribution >= 4 is 23.2 Å². The fourth-order valence-electron chi connectivity index (χ4n) is 3.05. The van der Waals surface area contributed by atoms with Gasteiger partial charge in [0, 0.05) is 44.1 Å². The number of carbonyl (C=O) groups excluding carboxylic acids is 1. The number of amides is 1. The summed E-state index contributed by atoms with van der Waals surface area (Å²) in [5.74, 6) is 1.47. The number of rotatable bonds is 4. The van der Waals surface area contributed by atoms with Crippen LogP contribution in [0.25, 0.3) is 0 Å². The minimum absolute atomic E-state index is 0.0748. The topological polar surface area (TPSA) is 74.2 Å². The number of pyridine rings is 1. The van der Waals surface area contributed by atoms with Crippen LogP contribution in [-0.4, -0.2) is 51.9 Å². The van der Waals surface area contributed by atoms with Crippen molar-refractivity contribution < 1.29 is 4.79 Å². The lowest BCUT2D eigenvalue weighted by atomic mass is 10.2. The highest BCUT2D eigenvalue weighted by Crippen LogP contribution is 2.17. The predicted molar refractivity (Wildman–Crippen MR) is 104 cm³/mol. The van der Waals surface area contributed by atoms with Gasteiger partial charge in [0.25, 0.3) is 5.91 Å². The van der Waals surface area contributed by atoms with Crippen molar-refractivity contribution in [1.82, 2.24) is 19.9 Å². The zero-order valence-corrected chi connectivity index (χ0v) is 14.8. The van der Waals surface area contributed by atoms with Gasteiger partial charge in [-0.3, -0.25) is 4.79 Å². The van der Waals surface area contributed by atoms with Crippen LogP contribution >= 0.6 is 0 Å². The Morgan fingerprint density at radius 3 is 2.41 bits per heavy atom. The van der Waals surface area contributed by atoms with E-state index in [0.29, 0.717) is 24.6 Å². The lowest BCUT2D eigenvalue weighted by Gasteiger charge is -2.35. The maximum Gasteiger partial charge on any atom is 0.272 e. The molecule has 0 unspecified atom stereocenters. The fourth-order valence-corrected chi connectivity index (χ4v) is 3.05. The molecule has 1 saturated heterocycles. The van der Waals surface area contributed by atoms with Crippen LogP contribution in [0.1, 0.15) is 10.5 Å². The Morgan fingerprint density at radius 1 is 0.889 bits per heavy atom. The van der Waals surface area contributed by atoms with Crippen molar-refractivity contribution in [3.63, 3.8) is 0 Å². The molecule has 0 aliphatic carbocycles.